The van der Waals surface area contributed by atoms with E-state index in [2.05, 4.69) is 24.3 Å². The molecule has 25 heavy (non-hydrogen) atoms. The minimum Gasteiger partial charge on any atom is -0.380 e. The number of rotatable bonds is 2. The summed E-state index contributed by atoms with van der Waals surface area (Å²) in [6, 6.07) is 28.2. The van der Waals surface area contributed by atoms with Crippen LogP contribution in [0.3, 0.4) is 0 Å². The van der Waals surface area contributed by atoms with Gasteiger partial charge in [0.2, 0.25) is 0 Å². The average Bonchev–Trinajstić information content (AvgIpc) is 3.11. The lowest BCUT2D eigenvalue weighted by molar-refractivity contribution is 0.0956. The normalized spacial score (nSPS) is 24.0. The maximum Gasteiger partial charge on any atom is 0.139 e. The Morgan fingerprint density at radius 1 is 0.840 bits per heavy atom. The Bertz CT molecular complexity index is 952. The maximum atomic E-state index is 11.7. The van der Waals surface area contributed by atoms with Crippen LogP contribution in [0.15, 0.2) is 90.0 Å². The summed E-state index contributed by atoms with van der Waals surface area (Å²) in [7, 11) is 0. The van der Waals surface area contributed by atoms with Crippen molar-refractivity contribution in [1.29, 1.82) is 0 Å². The largest absolute Gasteiger partial charge is 0.380 e. The minimum atomic E-state index is -1.01. The zero-order valence-corrected chi connectivity index (χ0v) is 13.7. The molecular weight excluding hydrogens is 308 g/mol. The molecule has 3 aromatic rings. The summed E-state index contributed by atoms with van der Waals surface area (Å²) in [6.07, 6.45) is 0.588. The number of hydrogen-bond donors (Lipinski definition) is 1. The van der Waals surface area contributed by atoms with Crippen LogP contribution in [0.4, 0.5) is 5.69 Å². The van der Waals surface area contributed by atoms with Gasteiger partial charge in [0.15, 0.2) is 0 Å². The molecule has 3 nitrogen and oxygen atoms in total. The molecule has 2 aliphatic rings. The van der Waals surface area contributed by atoms with Gasteiger partial charge in [-0.1, -0.05) is 72.8 Å². The number of para-hydroxylation sites is 1. The zero-order chi connectivity index (χ0) is 16.9. The average molecular weight is 326 g/mol. The summed E-state index contributed by atoms with van der Waals surface area (Å²) in [4.78, 5) is 0. The van der Waals surface area contributed by atoms with Gasteiger partial charge in [-0.05, 0) is 23.3 Å². The van der Waals surface area contributed by atoms with E-state index in [1.807, 2.05) is 65.7 Å². The van der Waals surface area contributed by atoms with Crippen LogP contribution in [0, 0.1) is 0 Å². The van der Waals surface area contributed by atoms with Crippen LogP contribution in [-0.4, -0.2) is 16.4 Å². The lowest BCUT2D eigenvalue weighted by Crippen LogP contribution is -2.43. The molecular formula is C22H18N2O. The zero-order valence-electron chi connectivity index (χ0n) is 13.7. The van der Waals surface area contributed by atoms with E-state index in [9.17, 15) is 5.11 Å². The van der Waals surface area contributed by atoms with E-state index in [4.69, 9.17) is 5.10 Å². The molecule has 1 N–H and O–H groups in total. The summed E-state index contributed by atoms with van der Waals surface area (Å²) in [5, 5.41) is 18.6. The van der Waals surface area contributed by atoms with Crippen molar-refractivity contribution in [3.8, 4) is 0 Å². The van der Waals surface area contributed by atoms with Crippen LogP contribution in [-0.2, 0) is 6.42 Å². The van der Waals surface area contributed by atoms with E-state index < -0.39 is 5.60 Å². The SMILES string of the molecule is O[C@@]12Cc3ccccc3C1=NN(c1ccccc1)[C@@H]2c1ccccc1. The minimum absolute atomic E-state index is 0.238. The Hall–Kier alpha value is -2.91. The molecule has 1 heterocycles. The monoisotopic (exact) mass is 326 g/mol. The number of fused-ring (bicyclic) bond motifs is 3. The molecule has 1 aliphatic carbocycles. The van der Waals surface area contributed by atoms with Gasteiger partial charge in [-0.25, -0.2) is 0 Å². The highest BCUT2D eigenvalue weighted by Crippen LogP contribution is 2.48. The van der Waals surface area contributed by atoms with Crippen molar-refractivity contribution < 1.29 is 5.11 Å². The molecule has 0 amide bonds. The number of hydrogen-bond acceptors (Lipinski definition) is 3. The van der Waals surface area contributed by atoms with Gasteiger partial charge in [-0.3, -0.25) is 5.01 Å². The number of nitrogens with zero attached hydrogens (tertiary/aromatic N) is 2. The van der Waals surface area contributed by atoms with Gasteiger partial charge in [0.25, 0.3) is 0 Å². The first-order valence-corrected chi connectivity index (χ1v) is 8.56. The first-order valence-electron chi connectivity index (χ1n) is 8.56. The van der Waals surface area contributed by atoms with E-state index in [0.717, 1.165) is 28.1 Å². The van der Waals surface area contributed by atoms with Crippen molar-refractivity contribution in [3.05, 3.63) is 102 Å². The van der Waals surface area contributed by atoms with Crippen molar-refractivity contribution in [1.82, 2.24) is 0 Å². The quantitative estimate of drug-likeness (QED) is 0.774. The Morgan fingerprint density at radius 3 is 2.24 bits per heavy atom. The predicted molar refractivity (Wildman–Crippen MR) is 99.7 cm³/mol. The van der Waals surface area contributed by atoms with Gasteiger partial charge < -0.3 is 5.11 Å². The van der Waals surface area contributed by atoms with E-state index >= 15 is 0 Å². The molecule has 2 atom stereocenters. The van der Waals surface area contributed by atoms with Crippen molar-refractivity contribution in [3.63, 3.8) is 0 Å². The van der Waals surface area contributed by atoms with Gasteiger partial charge in [-0.2, -0.15) is 5.10 Å². The molecule has 0 aromatic heterocycles. The Kier molecular flexibility index (Phi) is 3.06. The lowest BCUT2D eigenvalue weighted by atomic mass is 9.85. The molecule has 0 fully saturated rings. The van der Waals surface area contributed by atoms with Crippen molar-refractivity contribution in [2.75, 3.05) is 5.01 Å². The first-order chi connectivity index (χ1) is 12.3. The molecule has 0 saturated heterocycles. The molecule has 0 spiro atoms. The van der Waals surface area contributed by atoms with Gasteiger partial charge >= 0.3 is 0 Å². The third-order valence-electron chi connectivity index (χ3n) is 5.18. The number of hydrazone groups is 1. The summed E-state index contributed by atoms with van der Waals surface area (Å²) in [5.74, 6) is 0. The highest BCUT2D eigenvalue weighted by Gasteiger charge is 2.55. The molecule has 3 heteroatoms. The number of benzene rings is 3. The predicted octanol–water partition coefficient (Wildman–Crippen LogP) is 3.94. The number of anilines is 1. The second-order valence-corrected chi connectivity index (χ2v) is 6.70. The van der Waals surface area contributed by atoms with Crippen LogP contribution in [0.1, 0.15) is 22.7 Å². The van der Waals surface area contributed by atoms with Crippen molar-refractivity contribution in [2.24, 2.45) is 5.10 Å². The van der Waals surface area contributed by atoms with E-state index in [1.165, 1.54) is 0 Å². The number of aliphatic hydroxyl groups is 1. The molecule has 1 aliphatic heterocycles. The third kappa shape index (κ3) is 2.06. The van der Waals surface area contributed by atoms with Gasteiger partial charge in [-0.15, -0.1) is 0 Å². The first kappa shape index (κ1) is 14.4. The van der Waals surface area contributed by atoms with Crippen LogP contribution in [0.25, 0.3) is 0 Å². The third-order valence-corrected chi connectivity index (χ3v) is 5.18. The Labute approximate surface area is 146 Å². The van der Waals surface area contributed by atoms with Gasteiger partial charge in [0.1, 0.15) is 17.4 Å². The topological polar surface area (TPSA) is 35.8 Å². The van der Waals surface area contributed by atoms with Crippen molar-refractivity contribution in [2.45, 2.75) is 18.1 Å². The lowest BCUT2D eigenvalue weighted by Gasteiger charge is -2.33. The van der Waals surface area contributed by atoms with E-state index in [1.54, 1.807) is 0 Å². The van der Waals surface area contributed by atoms with Gasteiger partial charge in [0, 0.05) is 12.0 Å². The molecule has 3 aromatic carbocycles. The van der Waals surface area contributed by atoms with E-state index in [0.29, 0.717) is 6.42 Å². The Morgan fingerprint density at radius 2 is 1.48 bits per heavy atom. The molecule has 0 unspecified atom stereocenters. The highest BCUT2D eigenvalue weighted by molar-refractivity contribution is 6.13. The van der Waals surface area contributed by atoms with Crippen LogP contribution >= 0.6 is 0 Å². The smallest absolute Gasteiger partial charge is 0.139 e. The summed E-state index contributed by atoms with van der Waals surface area (Å²) in [6.45, 7) is 0. The van der Waals surface area contributed by atoms with E-state index in [-0.39, 0.29) is 6.04 Å². The van der Waals surface area contributed by atoms with Crippen molar-refractivity contribution >= 4 is 11.4 Å². The Balaban J connectivity index is 1.71. The molecule has 0 saturated carbocycles. The maximum absolute atomic E-state index is 11.7. The van der Waals surface area contributed by atoms with Gasteiger partial charge in [0.05, 0.1) is 5.69 Å². The second-order valence-electron chi connectivity index (χ2n) is 6.70. The standard InChI is InChI=1S/C22H18N2O/c25-22-15-17-11-7-8-14-19(17)20(22)23-24(18-12-5-2-6-13-18)21(22)16-9-3-1-4-10-16/h1-14,21,25H,15H2/t21-,22+/m1/s1. The highest BCUT2D eigenvalue weighted by atomic mass is 16.3. The summed E-state index contributed by atoms with van der Waals surface area (Å²) < 4.78 is 0. The molecule has 0 radical (unpaired) electrons. The van der Waals surface area contributed by atoms with Crippen LogP contribution in [0.5, 0.6) is 0 Å². The fraction of sp³-hybridized carbons (Fsp3) is 0.136. The molecule has 122 valence electrons. The molecule has 5 rings (SSSR count). The fourth-order valence-corrected chi connectivity index (χ4v) is 4.09. The summed E-state index contributed by atoms with van der Waals surface area (Å²) >= 11 is 0. The fourth-order valence-electron chi connectivity index (χ4n) is 4.09. The van der Waals surface area contributed by atoms with Crippen LogP contribution < -0.4 is 5.01 Å². The molecule has 0 bridgehead atoms. The van der Waals surface area contributed by atoms with Crippen LogP contribution in [0.2, 0.25) is 0 Å². The summed E-state index contributed by atoms with van der Waals surface area (Å²) in [5.41, 5.74) is 4.05. The second kappa shape index (κ2) is 5.30.